The number of carbonyl (C=O) groups is 1. The molecule has 2 aromatic carbocycles. The lowest BCUT2D eigenvalue weighted by molar-refractivity contribution is -0.120. The lowest BCUT2D eigenvalue weighted by Crippen LogP contribution is -2.24. The maximum Gasteiger partial charge on any atom is 0.240 e. The molecule has 0 unspecified atom stereocenters. The molecule has 0 aliphatic carbocycles. The molecule has 0 bridgehead atoms. The first-order chi connectivity index (χ1) is 12.0. The molecule has 0 radical (unpaired) electrons. The van der Waals surface area contributed by atoms with E-state index in [9.17, 15) is 4.79 Å². The Bertz CT molecular complexity index is 696. The van der Waals surface area contributed by atoms with Gasteiger partial charge in [-0.2, -0.15) is 5.10 Å². The number of rotatable bonds is 8. The van der Waals surface area contributed by atoms with Crippen LogP contribution in [0.1, 0.15) is 39.2 Å². The number of hydrogen-bond acceptors (Lipinski definition) is 3. The van der Waals surface area contributed by atoms with Gasteiger partial charge in [0.05, 0.1) is 0 Å². The van der Waals surface area contributed by atoms with Crippen molar-refractivity contribution < 1.29 is 4.79 Å². The fourth-order valence-electron chi connectivity index (χ4n) is 2.66. The molecule has 0 fully saturated rings. The summed E-state index contributed by atoms with van der Waals surface area (Å²) in [6, 6.07) is 20.5. The average molecular weight is 355 g/mol. The Labute approximate surface area is 154 Å². The molecule has 0 spiro atoms. The van der Waals surface area contributed by atoms with Crippen LogP contribution in [0.2, 0.25) is 0 Å². The first kappa shape index (κ1) is 19.3. The van der Waals surface area contributed by atoms with Crippen LogP contribution in [0.15, 0.2) is 70.7 Å². The maximum atomic E-state index is 11.9. The summed E-state index contributed by atoms with van der Waals surface area (Å²) in [5.41, 5.74) is 4.87. The van der Waals surface area contributed by atoms with Crippen molar-refractivity contribution in [3.8, 4) is 0 Å². The number of carbonyl (C=O) groups excluding carboxylic acids is 1. The summed E-state index contributed by atoms with van der Waals surface area (Å²) in [5.74, 6) is 0.709. The van der Waals surface area contributed by atoms with E-state index in [1.807, 2.05) is 31.2 Å². The van der Waals surface area contributed by atoms with E-state index < -0.39 is 0 Å². The number of nitrogens with one attached hydrogen (secondary N) is 1. The summed E-state index contributed by atoms with van der Waals surface area (Å²) >= 11 is 1.68. The lowest BCUT2D eigenvalue weighted by Gasteiger charge is -2.25. The fourth-order valence-corrected chi connectivity index (χ4v) is 3.54. The normalized spacial score (nSPS) is 12.0. The Morgan fingerprint density at radius 1 is 1.04 bits per heavy atom. The van der Waals surface area contributed by atoms with Crippen molar-refractivity contribution in [3.05, 3.63) is 66.2 Å². The van der Waals surface area contributed by atoms with Gasteiger partial charge < -0.3 is 0 Å². The summed E-state index contributed by atoms with van der Waals surface area (Å²) in [6.45, 7) is 6.35. The van der Waals surface area contributed by atoms with Crippen LogP contribution in [0.4, 0.5) is 0 Å². The van der Waals surface area contributed by atoms with Gasteiger partial charge in [-0.15, -0.1) is 11.8 Å². The third-order valence-electron chi connectivity index (χ3n) is 3.97. The smallest absolute Gasteiger partial charge is 0.240 e. The molecule has 0 atom stereocenters. The number of hydrazone groups is 1. The zero-order chi connectivity index (χ0) is 18.1. The summed E-state index contributed by atoms with van der Waals surface area (Å²) in [6.07, 6.45) is 1.26. The van der Waals surface area contributed by atoms with E-state index in [1.165, 1.54) is 10.5 Å². The minimum atomic E-state index is -0.0414. The van der Waals surface area contributed by atoms with Crippen LogP contribution in [-0.4, -0.2) is 17.4 Å². The van der Waals surface area contributed by atoms with Crippen molar-refractivity contribution in [1.82, 2.24) is 5.43 Å². The summed E-state index contributed by atoms with van der Waals surface area (Å²) < 4.78 is 0. The van der Waals surface area contributed by atoms with E-state index >= 15 is 0 Å². The molecule has 3 nitrogen and oxygen atoms in total. The number of nitrogens with zero attached hydrogens (tertiary/aromatic N) is 1. The van der Waals surface area contributed by atoms with E-state index in [0.29, 0.717) is 6.42 Å². The predicted octanol–water partition coefficient (Wildman–Crippen LogP) is 5.03. The van der Waals surface area contributed by atoms with Crippen molar-refractivity contribution >= 4 is 23.4 Å². The van der Waals surface area contributed by atoms with E-state index in [4.69, 9.17) is 0 Å². The number of amides is 1. The highest BCUT2D eigenvalue weighted by Gasteiger charge is 2.21. The standard InChI is InChI=1S/C21H26N2OS/c1-17(16-21(2,3)18-10-6-4-7-11-18)22-23-20(24)14-15-25-19-12-8-5-9-13-19/h4-13H,14-16H2,1-3H3,(H,23,24)/b22-17-. The van der Waals surface area contributed by atoms with Gasteiger partial charge in [-0.25, -0.2) is 5.43 Å². The molecule has 132 valence electrons. The van der Waals surface area contributed by atoms with Crippen LogP contribution in [0, 0.1) is 0 Å². The second-order valence-electron chi connectivity index (χ2n) is 6.72. The Hall–Kier alpha value is -2.07. The molecule has 4 heteroatoms. The van der Waals surface area contributed by atoms with Crippen molar-refractivity contribution in [3.63, 3.8) is 0 Å². The highest BCUT2D eigenvalue weighted by atomic mass is 32.2. The fraction of sp³-hybridized carbons (Fsp3) is 0.333. The minimum Gasteiger partial charge on any atom is -0.273 e. The molecule has 1 N–H and O–H groups in total. The molecule has 0 aliphatic rings. The Morgan fingerprint density at radius 2 is 1.64 bits per heavy atom. The zero-order valence-corrected chi connectivity index (χ0v) is 16.0. The highest BCUT2D eigenvalue weighted by Crippen LogP contribution is 2.27. The van der Waals surface area contributed by atoms with Gasteiger partial charge in [-0.1, -0.05) is 62.4 Å². The SMILES string of the molecule is C/C(CC(C)(C)c1ccccc1)=N/NC(=O)CCSc1ccccc1. The lowest BCUT2D eigenvalue weighted by atomic mass is 9.80. The van der Waals surface area contributed by atoms with E-state index in [0.717, 1.165) is 17.9 Å². The average Bonchev–Trinajstić information content (AvgIpc) is 2.61. The molecule has 0 saturated carbocycles. The van der Waals surface area contributed by atoms with Crippen LogP contribution in [0.3, 0.4) is 0 Å². The molecule has 0 aromatic heterocycles. The van der Waals surface area contributed by atoms with Gasteiger partial charge in [0.15, 0.2) is 0 Å². The van der Waals surface area contributed by atoms with Crippen LogP contribution in [0.5, 0.6) is 0 Å². The summed E-state index contributed by atoms with van der Waals surface area (Å²) in [7, 11) is 0. The van der Waals surface area contributed by atoms with Crippen molar-refractivity contribution in [1.29, 1.82) is 0 Å². The molecule has 0 aliphatic heterocycles. The predicted molar refractivity (Wildman–Crippen MR) is 107 cm³/mol. The number of thioether (sulfide) groups is 1. The number of benzene rings is 2. The van der Waals surface area contributed by atoms with Gasteiger partial charge in [0.2, 0.25) is 5.91 Å². The first-order valence-corrected chi connectivity index (χ1v) is 9.51. The Balaban J connectivity index is 1.77. The van der Waals surface area contributed by atoms with Gasteiger partial charge in [-0.3, -0.25) is 4.79 Å². The molecule has 0 saturated heterocycles. The Kier molecular flexibility index (Phi) is 7.26. The molecular formula is C21H26N2OS. The van der Waals surface area contributed by atoms with Gasteiger partial charge in [-0.05, 0) is 36.5 Å². The van der Waals surface area contributed by atoms with Gasteiger partial charge in [0.1, 0.15) is 0 Å². The maximum absolute atomic E-state index is 11.9. The van der Waals surface area contributed by atoms with Crippen LogP contribution >= 0.6 is 11.8 Å². The van der Waals surface area contributed by atoms with E-state index in [2.05, 4.69) is 60.8 Å². The second kappa shape index (κ2) is 9.42. The molecule has 2 rings (SSSR count). The molecular weight excluding hydrogens is 328 g/mol. The van der Waals surface area contributed by atoms with Gasteiger partial charge >= 0.3 is 0 Å². The van der Waals surface area contributed by atoms with Crippen molar-refractivity contribution in [2.24, 2.45) is 5.10 Å². The van der Waals surface area contributed by atoms with Gasteiger partial charge in [0.25, 0.3) is 0 Å². The quantitative estimate of drug-likeness (QED) is 0.410. The van der Waals surface area contributed by atoms with Crippen LogP contribution in [-0.2, 0) is 10.2 Å². The van der Waals surface area contributed by atoms with Gasteiger partial charge in [0, 0.05) is 22.8 Å². The van der Waals surface area contributed by atoms with Crippen molar-refractivity contribution in [2.75, 3.05) is 5.75 Å². The van der Waals surface area contributed by atoms with E-state index in [1.54, 1.807) is 11.8 Å². The summed E-state index contributed by atoms with van der Waals surface area (Å²) in [5, 5.41) is 4.27. The number of hydrogen-bond donors (Lipinski definition) is 1. The highest BCUT2D eigenvalue weighted by molar-refractivity contribution is 7.99. The van der Waals surface area contributed by atoms with Crippen LogP contribution < -0.4 is 5.43 Å². The molecule has 0 heterocycles. The van der Waals surface area contributed by atoms with E-state index in [-0.39, 0.29) is 11.3 Å². The minimum absolute atomic E-state index is 0.0112. The molecule has 2 aromatic rings. The van der Waals surface area contributed by atoms with Crippen molar-refractivity contribution in [2.45, 2.75) is 43.9 Å². The zero-order valence-electron chi connectivity index (χ0n) is 15.2. The largest absolute Gasteiger partial charge is 0.273 e. The molecule has 1 amide bonds. The molecule has 25 heavy (non-hydrogen) atoms. The third kappa shape index (κ3) is 6.75. The third-order valence-corrected chi connectivity index (χ3v) is 4.98. The van der Waals surface area contributed by atoms with Crippen LogP contribution in [0.25, 0.3) is 0 Å². The monoisotopic (exact) mass is 354 g/mol. The summed E-state index contributed by atoms with van der Waals surface area (Å²) in [4.78, 5) is 13.1. The topological polar surface area (TPSA) is 41.5 Å². The first-order valence-electron chi connectivity index (χ1n) is 8.53. The second-order valence-corrected chi connectivity index (χ2v) is 7.89. The Morgan fingerprint density at radius 3 is 2.28 bits per heavy atom.